The summed E-state index contributed by atoms with van der Waals surface area (Å²) in [4.78, 5) is 12.8. The van der Waals surface area contributed by atoms with Crippen molar-refractivity contribution in [3.63, 3.8) is 0 Å². The molecule has 0 spiro atoms. The van der Waals surface area contributed by atoms with Crippen LogP contribution in [0, 0.1) is 5.92 Å². The van der Waals surface area contributed by atoms with Crippen LogP contribution in [0.5, 0.6) is 0 Å². The number of hydrogen-bond acceptors (Lipinski definition) is 3. The third kappa shape index (κ3) is 5.98. The lowest BCUT2D eigenvalue weighted by molar-refractivity contribution is -0.121. The standard InChI is InChI=1S/C13H21BrN2OS/c1-9(2)7-16-13(17)4-5-15-10(3)12-6-11(14)8-18-12/h6,8-10,15H,4-5,7H2,1-3H3,(H,16,17). The fourth-order valence-corrected chi connectivity index (χ4v) is 2.94. The molecule has 0 radical (unpaired) electrons. The molecule has 2 N–H and O–H groups in total. The molecular weight excluding hydrogens is 312 g/mol. The Labute approximate surface area is 121 Å². The van der Waals surface area contributed by atoms with Gasteiger partial charge in [0.15, 0.2) is 0 Å². The highest BCUT2D eigenvalue weighted by Crippen LogP contribution is 2.25. The van der Waals surface area contributed by atoms with Crippen molar-refractivity contribution in [3.8, 4) is 0 Å². The van der Waals surface area contributed by atoms with E-state index in [1.807, 2.05) is 0 Å². The summed E-state index contributed by atoms with van der Waals surface area (Å²) in [5.41, 5.74) is 0. The molecule has 1 aromatic rings. The van der Waals surface area contributed by atoms with Crippen LogP contribution in [-0.4, -0.2) is 19.0 Å². The van der Waals surface area contributed by atoms with Crippen molar-refractivity contribution in [1.29, 1.82) is 0 Å². The highest BCUT2D eigenvalue weighted by Gasteiger charge is 2.08. The van der Waals surface area contributed by atoms with Crippen LogP contribution in [0.3, 0.4) is 0 Å². The van der Waals surface area contributed by atoms with Gasteiger partial charge in [0.1, 0.15) is 0 Å². The van der Waals surface area contributed by atoms with E-state index in [9.17, 15) is 4.79 Å². The molecule has 0 fully saturated rings. The lowest BCUT2D eigenvalue weighted by atomic mass is 10.2. The quantitative estimate of drug-likeness (QED) is 0.804. The summed E-state index contributed by atoms with van der Waals surface area (Å²) in [6, 6.07) is 2.40. The molecule has 1 atom stereocenters. The Morgan fingerprint density at radius 2 is 2.17 bits per heavy atom. The smallest absolute Gasteiger partial charge is 0.221 e. The first-order chi connectivity index (χ1) is 8.49. The Kier molecular flexibility index (Phi) is 6.89. The van der Waals surface area contributed by atoms with Crippen molar-refractivity contribution < 1.29 is 4.79 Å². The van der Waals surface area contributed by atoms with E-state index in [-0.39, 0.29) is 5.91 Å². The Morgan fingerprint density at radius 3 is 2.72 bits per heavy atom. The maximum absolute atomic E-state index is 11.5. The second-order valence-electron chi connectivity index (χ2n) is 4.79. The fraction of sp³-hybridized carbons (Fsp3) is 0.615. The van der Waals surface area contributed by atoms with Gasteiger partial charge >= 0.3 is 0 Å². The molecule has 0 saturated carbocycles. The van der Waals surface area contributed by atoms with Crippen molar-refractivity contribution in [3.05, 3.63) is 20.8 Å². The highest BCUT2D eigenvalue weighted by molar-refractivity contribution is 9.10. The Bertz CT molecular complexity index is 379. The molecule has 1 heterocycles. The lowest BCUT2D eigenvalue weighted by Gasteiger charge is -2.12. The number of halogens is 1. The SMILES string of the molecule is CC(C)CNC(=O)CCNC(C)c1cc(Br)cs1. The van der Waals surface area contributed by atoms with E-state index in [2.05, 4.69) is 58.8 Å². The van der Waals surface area contributed by atoms with Gasteiger partial charge in [-0.05, 0) is 34.8 Å². The number of amides is 1. The van der Waals surface area contributed by atoms with Crippen LogP contribution in [0.2, 0.25) is 0 Å². The number of thiophene rings is 1. The van der Waals surface area contributed by atoms with Crippen LogP contribution in [0.1, 0.15) is 38.1 Å². The molecule has 0 bridgehead atoms. The molecular formula is C13H21BrN2OS. The third-order valence-electron chi connectivity index (χ3n) is 2.52. The topological polar surface area (TPSA) is 41.1 Å². The molecule has 0 aromatic carbocycles. The van der Waals surface area contributed by atoms with Crippen LogP contribution in [0.25, 0.3) is 0 Å². The van der Waals surface area contributed by atoms with Crippen molar-refractivity contribution in [2.45, 2.75) is 33.2 Å². The van der Waals surface area contributed by atoms with Gasteiger partial charge < -0.3 is 10.6 Å². The van der Waals surface area contributed by atoms with Gasteiger partial charge in [-0.2, -0.15) is 0 Å². The number of hydrogen-bond donors (Lipinski definition) is 2. The zero-order valence-electron chi connectivity index (χ0n) is 11.1. The van der Waals surface area contributed by atoms with E-state index in [0.717, 1.165) is 11.0 Å². The average Bonchev–Trinajstić information content (AvgIpc) is 2.73. The third-order valence-corrected chi connectivity index (χ3v) is 4.40. The summed E-state index contributed by atoms with van der Waals surface area (Å²) in [6.45, 7) is 7.77. The number of carbonyl (C=O) groups excluding carboxylic acids is 1. The number of rotatable bonds is 7. The first-order valence-electron chi connectivity index (χ1n) is 6.23. The molecule has 0 saturated heterocycles. The molecule has 0 aliphatic heterocycles. The number of nitrogens with one attached hydrogen (secondary N) is 2. The largest absolute Gasteiger partial charge is 0.356 e. The van der Waals surface area contributed by atoms with E-state index in [0.29, 0.717) is 24.9 Å². The van der Waals surface area contributed by atoms with Gasteiger partial charge in [0.25, 0.3) is 0 Å². The lowest BCUT2D eigenvalue weighted by Crippen LogP contribution is -2.30. The minimum atomic E-state index is 0.121. The van der Waals surface area contributed by atoms with Crippen molar-refractivity contribution in [2.75, 3.05) is 13.1 Å². The molecule has 0 aliphatic rings. The maximum atomic E-state index is 11.5. The minimum Gasteiger partial charge on any atom is -0.356 e. The van der Waals surface area contributed by atoms with E-state index in [1.54, 1.807) is 11.3 Å². The Morgan fingerprint density at radius 1 is 1.44 bits per heavy atom. The molecule has 3 nitrogen and oxygen atoms in total. The first-order valence-corrected chi connectivity index (χ1v) is 7.90. The second kappa shape index (κ2) is 7.92. The maximum Gasteiger partial charge on any atom is 0.221 e. The summed E-state index contributed by atoms with van der Waals surface area (Å²) in [7, 11) is 0. The summed E-state index contributed by atoms with van der Waals surface area (Å²) in [6.07, 6.45) is 0.531. The molecule has 102 valence electrons. The zero-order chi connectivity index (χ0) is 13.5. The normalized spacial score (nSPS) is 12.7. The van der Waals surface area contributed by atoms with Gasteiger partial charge in [0, 0.05) is 40.3 Å². The molecule has 1 amide bonds. The van der Waals surface area contributed by atoms with Crippen LogP contribution in [0.4, 0.5) is 0 Å². The van der Waals surface area contributed by atoms with Gasteiger partial charge in [-0.15, -0.1) is 11.3 Å². The van der Waals surface area contributed by atoms with E-state index < -0.39 is 0 Å². The molecule has 0 aliphatic carbocycles. The van der Waals surface area contributed by atoms with Crippen LogP contribution < -0.4 is 10.6 Å². The van der Waals surface area contributed by atoms with Gasteiger partial charge in [-0.25, -0.2) is 0 Å². The van der Waals surface area contributed by atoms with E-state index in [4.69, 9.17) is 0 Å². The second-order valence-corrected chi connectivity index (χ2v) is 6.65. The van der Waals surface area contributed by atoms with Crippen molar-refractivity contribution >= 4 is 33.2 Å². The summed E-state index contributed by atoms with van der Waals surface area (Å²) in [5, 5.41) is 8.35. The van der Waals surface area contributed by atoms with Crippen molar-refractivity contribution in [1.82, 2.24) is 10.6 Å². The van der Waals surface area contributed by atoms with Gasteiger partial charge in [0.2, 0.25) is 5.91 Å². The predicted octanol–water partition coefficient (Wildman–Crippen LogP) is 3.32. The first kappa shape index (κ1) is 15.7. The molecule has 18 heavy (non-hydrogen) atoms. The van der Waals surface area contributed by atoms with Crippen molar-refractivity contribution in [2.24, 2.45) is 5.92 Å². The summed E-state index contributed by atoms with van der Waals surface area (Å²) in [5.74, 6) is 0.625. The molecule has 1 aromatic heterocycles. The van der Waals surface area contributed by atoms with Gasteiger partial charge in [-0.3, -0.25) is 4.79 Å². The monoisotopic (exact) mass is 332 g/mol. The van der Waals surface area contributed by atoms with Gasteiger partial charge in [-0.1, -0.05) is 13.8 Å². The summed E-state index contributed by atoms with van der Waals surface area (Å²) >= 11 is 5.17. The zero-order valence-corrected chi connectivity index (χ0v) is 13.5. The molecule has 5 heteroatoms. The minimum absolute atomic E-state index is 0.121. The Balaban J connectivity index is 2.19. The Hall–Kier alpha value is -0.390. The van der Waals surface area contributed by atoms with Crippen LogP contribution in [0.15, 0.2) is 15.9 Å². The molecule has 1 unspecified atom stereocenters. The average molecular weight is 333 g/mol. The van der Waals surface area contributed by atoms with E-state index in [1.165, 1.54) is 4.88 Å². The number of carbonyl (C=O) groups is 1. The highest BCUT2D eigenvalue weighted by atomic mass is 79.9. The van der Waals surface area contributed by atoms with Crippen LogP contribution >= 0.6 is 27.3 Å². The van der Waals surface area contributed by atoms with Gasteiger partial charge in [0.05, 0.1) is 0 Å². The van der Waals surface area contributed by atoms with Crippen LogP contribution in [-0.2, 0) is 4.79 Å². The van der Waals surface area contributed by atoms with E-state index >= 15 is 0 Å². The molecule has 1 rings (SSSR count). The predicted molar refractivity (Wildman–Crippen MR) is 80.9 cm³/mol. The fourth-order valence-electron chi connectivity index (χ4n) is 1.46. The summed E-state index contributed by atoms with van der Waals surface area (Å²) < 4.78 is 1.12.